The highest BCUT2D eigenvalue weighted by Crippen LogP contribution is 2.42. The van der Waals surface area contributed by atoms with Crippen molar-refractivity contribution in [3.63, 3.8) is 0 Å². The van der Waals surface area contributed by atoms with E-state index >= 15 is 0 Å². The van der Waals surface area contributed by atoms with Gasteiger partial charge in [0.2, 0.25) is 12.3 Å². The molecule has 0 amide bonds. The van der Waals surface area contributed by atoms with E-state index in [1.165, 1.54) is 32.1 Å². The Morgan fingerprint density at radius 1 is 1.38 bits per heavy atom. The van der Waals surface area contributed by atoms with Gasteiger partial charge in [-0.1, -0.05) is 0 Å². The average molecular weight is 440 g/mol. The van der Waals surface area contributed by atoms with Crippen molar-refractivity contribution >= 4 is 32.6 Å². The Balaban J connectivity index is 1.63. The van der Waals surface area contributed by atoms with Gasteiger partial charge in [-0.2, -0.15) is 0 Å². The van der Waals surface area contributed by atoms with Crippen LogP contribution in [0.4, 0.5) is 8.78 Å². The molecule has 0 spiro atoms. The second-order valence-electron chi connectivity index (χ2n) is 7.50. The van der Waals surface area contributed by atoms with Crippen molar-refractivity contribution in [2.75, 3.05) is 5.75 Å². The van der Waals surface area contributed by atoms with Gasteiger partial charge < -0.3 is 9.73 Å². The van der Waals surface area contributed by atoms with Gasteiger partial charge in [-0.15, -0.1) is 21.5 Å². The van der Waals surface area contributed by atoms with Crippen LogP contribution in [0.3, 0.4) is 0 Å². The lowest BCUT2D eigenvalue weighted by Crippen LogP contribution is -2.56. The van der Waals surface area contributed by atoms with Gasteiger partial charge in [0.05, 0.1) is 16.7 Å². The third-order valence-corrected chi connectivity index (χ3v) is 9.13. The maximum Gasteiger partial charge on any atom is 0.243 e. The summed E-state index contributed by atoms with van der Waals surface area (Å²) < 4.78 is 57.7. The first kappa shape index (κ1) is 19.9. The van der Waals surface area contributed by atoms with Gasteiger partial charge in [-0.3, -0.25) is 5.41 Å². The van der Waals surface area contributed by atoms with Crippen LogP contribution in [-0.4, -0.2) is 35.0 Å². The fraction of sp³-hybridized carbons (Fsp3) is 0.389. The zero-order valence-corrected chi connectivity index (χ0v) is 17.2. The summed E-state index contributed by atoms with van der Waals surface area (Å²) >= 11 is 1.07. The molecule has 1 aliphatic carbocycles. The van der Waals surface area contributed by atoms with Gasteiger partial charge in [-0.25, -0.2) is 17.2 Å². The highest BCUT2D eigenvalue weighted by Gasteiger charge is 2.46. The van der Waals surface area contributed by atoms with Gasteiger partial charge in [0.25, 0.3) is 0 Å². The molecule has 0 radical (unpaired) electrons. The normalized spacial score (nSPS) is 25.9. The van der Waals surface area contributed by atoms with E-state index in [4.69, 9.17) is 9.83 Å². The summed E-state index contributed by atoms with van der Waals surface area (Å²) in [5.41, 5.74) is 0.504. The Bertz CT molecular complexity index is 1130. The molecule has 0 saturated carbocycles. The van der Waals surface area contributed by atoms with E-state index in [0.717, 1.165) is 17.7 Å². The zero-order valence-electron chi connectivity index (χ0n) is 15.6. The van der Waals surface area contributed by atoms with Crippen molar-refractivity contribution in [1.82, 2.24) is 15.5 Å². The molecular formula is C18H18F2N4O3S2. The standard InChI is InChI=1S/C18H18F2N4O3S2/c1-18(2)17(21)23-13(7-29(18,25)26)15-12(20)6-14(28-15)9-3-10(5-11(19)4-9)16-24-22-8-27-16/h4-6,8-9,13H,3,7H2,1-2H3,(H2,21,23)/t9?,13-/m0/s1. The van der Waals surface area contributed by atoms with E-state index in [0.29, 0.717) is 16.9 Å². The average Bonchev–Trinajstić information content (AvgIpc) is 3.29. The molecule has 2 N–H and O–H groups in total. The SMILES string of the molecule is CC1(C)C(=N)N[C@H](c2sc(C3C=C(F)C=C(c4nnco4)C3)cc2F)CS1(=O)=O. The minimum Gasteiger partial charge on any atom is -0.424 e. The van der Waals surface area contributed by atoms with Crippen molar-refractivity contribution < 1.29 is 21.6 Å². The summed E-state index contributed by atoms with van der Waals surface area (Å²) in [4.78, 5) is 0.736. The number of rotatable bonds is 3. The van der Waals surface area contributed by atoms with E-state index in [9.17, 15) is 17.2 Å². The molecule has 0 aromatic carbocycles. The van der Waals surface area contributed by atoms with Gasteiger partial charge in [0.1, 0.15) is 22.2 Å². The van der Waals surface area contributed by atoms with Crippen LogP contribution in [0.15, 0.2) is 34.9 Å². The lowest BCUT2D eigenvalue weighted by atomic mass is 9.92. The molecule has 154 valence electrons. The molecule has 1 saturated heterocycles. The number of sulfone groups is 1. The predicted molar refractivity (Wildman–Crippen MR) is 105 cm³/mol. The molecule has 11 heteroatoms. The number of allylic oxidation sites excluding steroid dienone is 4. The smallest absolute Gasteiger partial charge is 0.243 e. The Hall–Kier alpha value is -2.40. The Morgan fingerprint density at radius 3 is 2.79 bits per heavy atom. The largest absolute Gasteiger partial charge is 0.424 e. The molecule has 0 bridgehead atoms. The van der Waals surface area contributed by atoms with Crippen LogP contribution < -0.4 is 5.32 Å². The van der Waals surface area contributed by atoms with Crippen LogP contribution in [0, 0.1) is 11.2 Å². The van der Waals surface area contributed by atoms with E-state index in [2.05, 4.69) is 15.5 Å². The predicted octanol–water partition coefficient (Wildman–Crippen LogP) is 3.51. The van der Waals surface area contributed by atoms with Crippen molar-refractivity contribution in [2.45, 2.75) is 37.0 Å². The number of nitrogens with zero attached hydrogens (tertiary/aromatic N) is 2. The van der Waals surface area contributed by atoms with Crippen LogP contribution in [0.1, 0.15) is 47.9 Å². The molecule has 29 heavy (non-hydrogen) atoms. The number of amidine groups is 1. The molecule has 1 aliphatic heterocycles. The zero-order chi connectivity index (χ0) is 21.0. The maximum absolute atomic E-state index is 14.7. The van der Waals surface area contributed by atoms with Crippen molar-refractivity contribution in [1.29, 1.82) is 5.41 Å². The second kappa shape index (κ2) is 6.84. The van der Waals surface area contributed by atoms with Crippen molar-refractivity contribution in [3.05, 3.63) is 51.9 Å². The molecule has 2 aliphatic rings. The topological polar surface area (TPSA) is 109 Å². The maximum atomic E-state index is 14.7. The molecule has 7 nitrogen and oxygen atoms in total. The van der Waals surface area contributed by atoms with Gasteiger partial charge >= 0.3 is 0 Å². The molecule has 4 rings (SSSR count). The van der Waals surface area contributed by atoms with E-state index < -0.39 is 38.2 Å². The van der Waals surface area contributed by atoms with Crippen molar-refractivity contribution in [3.8, 4) is 0 Å². The molecule has 2 aromatic heterocycles. The third kappa shape index (κ3) is 3.42. The highest BCUT2D eigenvalue weighted by atomic mass is 32.2. The third-order valence-electron chi connectivity index (χ3n) is 5.25. The van der Waals surface area contributed by atoms with Gasteiger partial charge in [-0.05, 0) is 38.5 Å². The monoisotopic (exact) mass is 440 g/mol. The first-order valence-electron chi connectivity index (χ1n) is 8.80. The number of hydrogen-bond acceptors (Lipinski definition) is 7. The first-order valence-corrected chi connectivity index (χ1v) is 11.3. The second-order valence-corrected chi connectivity index (χ2v) is 11.2. The minimum atomic E-state index is -3.64. The van der Waals surface area contributed by atoms with Crippen LogP contribution in [0.2, 0.25) is 0 Å². The summed E-state index contributed by atoms with van der Waals surface area (Å²) in [5.74, 6) is -1.81. The number of hydrogen-bond donors (Lipinski definition) is 2. The minimum absolute atomic E-state index is 0.173. The molecule has 1 unspecified atom stereocenters. The summed E-state index contributed by atoms with van der Waals surface area (Å²) in [6.07, 6.45) is 4.17. The summed E-state index contributed by atoms with van der Waals surface area (Å²) in [7, 11) is -3.64. The van der Waals surface area contributed by atoms with Gasteiger partial charge in [0, 0.05) is 16.4 Å². The molecule has 2 aromatic rings. The Morgan fingerprint density at radius 2 is 2.14 bits per heavy atom. The number of thiophene rings is 1. The molecule has 1 fully saturated rings. The molecular weight excluding hydrogens is 422 g/mol. The van der Waals surface area contributed by atoms with E-state index in [1.54, 1.807) is 0 Å². The number of halogens is 2. The first-order chi connectivity index (χ1) is 13.6. The van der Waals surface area contributed by atoms with Gasteiger partial charge in [0.15, 0.2) is 9.84 Å². The highest BCUT2D eigenvalue weighted by molar-refractivity contribution is 7.93. The van der Waals surface area contributed by atoms with E-state index in [1.807, 2.05) is 0 Å². The fourth-order valence-electron chi connectivity index (χ4n) is 3.34. The fourth-order valence-corrected chi connectivity index (χ4v) is 6.08. The van der Waals surface area contributed by atoms with E-state index in [-0.39, 0.29) is 22.4 Å². The van der Waals surface area contributed by atoms with Crippen LogP contribution >= 0.6 is 11.3 Å². The summed E-state index contributed by atoms with van der Waals surface area (Å²) in [6.45, 7) is 2.90. The number of nitrogens with one attached hydrogen (secondary N) is 2. The summed E-state index contributed by atoms with van der Waals surface area (Å²) in [6, 6.07) is 0.436. The van der Waals surface area contributed by atoms with Crippen LogP contribution in [0.5, 0.6) is 0 Å². The number of aromatic nitrogens is 2. The quantitative estimate of drug-likeness (QED) is 0.756. The lowest BCUT2D eigenvalue weighted by molar-refractivity contribution is 0.531. The summed E-state index contributed by atoms with van der Waals surface area (Å²) in [5, 5.41) is 18.2. The van der Waals surface area contributed by atoms with Crippen LogP contribution in [0.25, 0.3) is 5.57 Å². The molecule has 2 atom stereocenters. The Labute approximate surface area is 170 Å². The van der Waals surface area contributed by atoms with Crippen molar-refractivity contribution in [2.24, 2.45) is 0 Å². The lowest BCUT2D eigenvalue weighted by Gasteiger charge is -2.35. The Kier molecular flexibility index (Phi) is 4.69. The van der Waals surface area contributed by atoms with Crippen LogP contribution in [-0.2, 0) is 9.84 Å². The molecule has 3 heterocycles.